The number of nitrogens with one attached hydrogen (secondary N) is 1. The van der Waals surface area contributed by atoms with Crippen LogP contribution < -0.4 is 10.1 Å². The number of benzene rings is 2. The minimum Gasteiger partial charge on any atom is -0.494 e. The second kappa shape index (κ2) is 8.26. The summed E-state index contributed by atoms with van der Waals surface area (Å²) >= 11 is 1.34. The summed E-state index contributed by atoms with van der Waals surface area (Å²) in [4.78, 5) is 26.4. The number of methoxy groups -OCH3 is 1. The number of hydrogen-bond donors (Lipinski definition) is 1. The maximum absolute atomic E-state index is 13.0. The highest BCUT2D eigenvalue weighted by molar-refractivity contribution is 7.12. The average molecular weight is 419 g/mol. The normalized spacial score (nSPS) is 10.6. The van der Waals surface area contributed by atoms with Crippen molar-refractivity contribution in [2.75, 3.05) is 12.4 Å². The highest BCUT2D eigenvalue weighted by Crippen LogP contribution is 2.27. The number of ether oxygens (including phenoxy) is 1. The van der Waals surface area contributed by atoms with Gasteiger partial charge in [-0.05, 0) is 53.1 Å². The van der Waals surface area contributed by atoms with Crippen molar-refractivity contribution in [2.24, 2.45) is 0 Å². The van der Waals surface area contributed by atoms with Crippen LogP contribution >= 0.6 is 11.3 Å². The summed E-state index contributed by atoms with van der Waals surface area (Å²) < 4.78 is 6.90. The topological polar surface area (TPSA) is 99.0 Å². The molecule has 1 N–H and O–H groups in total. The van der Waals surface area contributed by atoms with Crippen molar-refractivity contribution < 1.29 is 14.3 Å². The number of nitrogens with zero attached hydrogens (tertiary/aromatic N) is 4. The van der Waals surface area contributed by atoms with E-state index in [0.717, 1.165) is 0 Å². The highest BCUT2D eigenvalue weighted by Gasteiger charge is 2.19. The van der Waals surface area contributed by atoms with E-state index in [-0.39, 0.29) is 11.7 Å². The third-order valence-electron chi connectivity index (χ3n) is 4.45. The highest BCUT2D eigenvalue weighted by atomic mass is 32.1. The Labute approximate surface area is 176 Å². The van der Waals surface area contributed by atoms with Crippen LogP contribution in [0.3, 0.4) is 0 Å². The number of aromatic nitrogens is 4. The van der Waals surface area contributed by atoms with Gasteiger partial charge in [0.25, 0.3) is 5.91 Å². The van der Waals surface area contributed by atoms with Gasteiger partial charge in [0.2, 0.25) is 5.78 Å². The van der Waals surface area contributed by atoms with Gasteiger partial charge in [-0.2, -0.15) is 4.68 Å². The fourth-order valence-corrected chi connectivity index (χ4v) is 3.68. The third-order valence-corrected chi connectivity index (χ3v) is 5.32. The lowest BCUT2D eigenvalue weighted by Crippen LogP contribution is -2.17. The van der Waals surface area contributed by atoms with E-state index in [2.05, 4.69) is 20.8 Å². The number of aryl methyl sites for hydroxylation is 1. The lowest BCUT2D eigenvalue weighted by molar-refractivity contribution is 0.0998. The van der Waals surface area contributed by atoms with Gasteiger partial charge in [-0.1, -0.05) is 24.3 Å². The van der Waals surface area contributed by atoms with Crippen LogP contribution in [0.2, 0.25) is 0 Å². The van der Waals surface area contributed by atoms with Gasteiger partial charge in [0.1, 0.15) is 11.4 Å². The largest absolute Gasteiger partial charge is 0.494 e. The van der Waals surface area contributed by atoms with Crippen molar-refractivity contribution in [3.05, 3.63) is 81.8 Å². The maximum atomic E-state index is 13.0. The Hall–Kier alpha value is -3.85. The number of anilines is 1. The van der Waals surface area contributed by atoms with Crippen molar-refractivity contribution in [2.45, 2.75) is 6.92 Å². The Bertz CT molecular complexity index is 1220. The standard InChI is InChI=1S/C21H17N5O3S/c1-13-23-24-25-26(13)17-12-14(9-10-18(17)29-2)22-21(28)16-7-4-3-6-15(16)20(27)19-8-5-11-30-19/h3-12H,1-2H3,(H,22,28). The van der Waals surface area contributed by atoms with Gasteiger partial charge in [0.15, 0.2) is 5.82 Å². The second-order valence-corrected chi connectivity index (χ2v) is 7.28. The van der Waals surface area contributed by atoms with Gasteiger partial charge in [-0.3, -0.25) is 9.59 Å². The van der Waals surface area contributed by atoms with Crippen LogP contribution in [0.5, 0.6) is 5.75 Å². The molecular formula is C21H17N5O3S. The minimum absolute atomic E-state index is 0.185. The van der Waals surface area contributed by atoms with Crippen LogP contribution in [0.4, 0.5) is 5.69 Å². The van der Waals surface area contributed by atoms with Crippen molar-refractivity contribution in [1.82, 2.24) is 20.2 Å². The number of ketones is 1. The molecule has 0 atom stereocenters. The van der Waals surface area contributed by atoms with Gasteiger partial charge in [0.05, 0.1) is 17.6 Å². The Kier molecular flexibility index (Phi) is 5.36. The molecule has 4 aromatic rings. The fourth-order valence-electron chi connectivity index (χ4n) is 3.01. The average Bonchev–Trinajstić information content (AvgIpc) is 3.45. The Morgan fingerprint density at radius 1 is 1.07 bits per heavy atom. The molecule has 0 aliphatic rings. The molecular weight excluding hydrogens is 402 g/mol. The molecule has 150 valence electrons. The zero-order valence-electron chi connectivity index (χ0n) is 16.2. The van der Waals surface area contributed by atoms with Gasteiger partial charge >= 0.3 is 0 Å². The summed E-state index contributed by atoms with van der Waals surface area (Å²) in [5.41, 5.74) is 1.75. The summed E-state index contributed by atoms with van der Waals surface area (Å²) in [7, 11) is 1.54. The lowest BCUT2D eigenvalue weighted by atomic mass is 10.0. The van der Waals surface area contributed by atoms with E-state index in [1.807, 2.05) is 5.38 Å². The van der Waals surface area contributed by atoms with E-state index in [0.29, 0.717) is 39.0 Å². The monoisotopic (exact) mass is 419 g/mol. The van der Waals surface area contributed by atoms with E-state index < -0.39 is 0 Å². The molecule has 0 aliphatic carbocycles. The summed E-state index contributed by atoms with van der Waals surface area (Å²) in [6.45, 7) is 1.76. The molecule has 0 unspecified atom stereocenters. The van der Waals surface area contributed by atoms with Crippen LogP contribution in [0.25, 0.3) is 5.69 Å². The molecule has 1 amide bonds. The van der Waals surface area contributed by atoms with Crippen LogP contribution in [0.1, 0.15) is 31.4 Å². The molecule has 0 radical (unpaired) electrons. The van der Waals surface area contributed by atoms with Crippen molar-refractivity contribution in [3.63, 3.8) is 0 Å². The number of carbonyl (C=O) groups excluding carboxylic acids is 2. The molecule has 0 fully saturated rings. The van der Waals surface area contributed by atoms with E-state index in [1.165, 1.54) is 16.0 Å². The molecule has 0 bridgehead atoms. The van der Waals surface area contributed by atoms with Gasteiger partial charge < -0.3 is 10.1 Å². The molecule has 0 aliphatic heterocycles. The smallest absolute Gasteiger partial charge is 0.256 e. The Morgan fingerprint density at radius 3 is 2.53 bits per heavy atom. The van der Waals surface area contributed by atoms with E-state index in [1.54, 1.807) is 68.6 Å². The van der Waals surface area contributed by atoms with Gasteiger partial charge in [0, 0.05) is 11.3 Å². The van der Waals surface area contributed by atoms with E-state index in [4.69, 9.17) is 4.74 Å². The van der Waals surface area contributed by atoms with Crippen LogP contribution in [0.15, 0.2) is 60.0 Å². The minimum atomic E-state index is -0.389. The molecule has 0 saturated carbocycles. The molecule has 2 aromatic carbocycles. The maximum Gasteiger partial charge on any atom is 0.256 e. The fraction of sp³-hybridized carbons (Fsp3) is 0.0952. The van der Waals surface area contributed by atoms with Crippen LogP contribution in [-0.2, 0) is 0 Å². The Morgan fingerprint density at radius 2 is 1.87 bits per heavy atom. The van der Waals surface area contributed by atoms with Crippen molar-refractivity contribution in [1.29, 1.82) is 0 Å². The number of amides is 1. The molecule has 0 spiro atoms. The molecule has 4 rings (SSSR count). The van der Waals surface area contributed by atoms with Crippen LogP contribution in [0, 0.1) is 6.92 Å². The number of thiophene rings is 1. The SMILES string of the molecule is COc1ccc(NC(=O)c2ccccc2C(=O)c2cccs2)cc1-n1nnnc1C. The number of carbonyl (C=O) groups is 2. The van der Waals surface area contributed by atoms with Crippen molar-refractivity contribution in [3.8, 4) is 11.4 Å². The van der Waals surface area contributed by atoms with Crippen LogP contribution in [-0.4, -0.2) is 39.0 Å². The summed E-state index contributed by atoms with van der Waals surface area (Å²) in [6.07, 6.45) is 0. The summed E-state index contributed by atoms with van der Waals surface area (Å²) in [6, 6.07) is 15.4. The zero-order chi connectivity index (χ0) is 21.1. The number of rotatable bonds is 6. The molecule has 30 heavy (non-hydrogen) atoms. The van der Waals surface area contributed by atoms with E-state index in [9.17, 15) is 9.59 Å². The first-order valence-electron chi connectivity index (χ1n) is 9.00. The first-order valence-corrected chi connectivity index (χ1v) is 9.88. The zero-order valence-corrected chi connectivity index (χ0v) is 17.0. The number of tetrazole rings is 1. The first-order chi connectivity index (χ1) is 14.6. The number of hydrogen-bond acceptors (Lipinski definition) is 7. The molecule has 2 aromatic heterocycles. The Balaban J connectivity index is 1.66. The third kappa shape index (κ3) is 3.70. The molecule has 9 heteroatoms. The van der Waals surface area contributed by atoms with Gasteiger partial charge in [-0.25, -0.2) is 0 Å². The van der Waals surface area contributed by atoms with Gasteiger partial charge in [-0.15, -0.1) is 16.4 Å². The summed E-state index contributed by atoms with van der Waals surface area (Å²) in [5, 5.41) is 16.2. The molecule has 8 nitrogen and oxygen atoms in total. The predicted octanol–water partition coefficient (Wildman–Crippen LogP) is 3.52. The summed E-state index contributed by atoms with van der Waals surface area (Å²) in [5.74, 6) is 0.552. The predicted molar refractivity (Wildman–Crippen MR) is 113 cm³/mol. The quantitative estimate of drug-likeness (QED) is 0.480. The molecule has 2 heterocycles. The molecule has 0 saturated heterocycles. The lowest BCUT2D eigenvalue weighted by Gasteiger charge is -2.13. The van der Waals surface area contributed by atoms with E-state index >= 15 is 0 Å². The second-order valence-electron chi connectivity index (χ2n) is 6.33. The first kappa shape index (κ1) is 19.5. The van der Waals surface area contributed by atoms with Crippen molar-refractivity contribution >= 4 is 28.7 Å².